The van der Waals surface area contributed by atoms with Gasteiger partial charge in [0.1, 0.15) is 0 Å². The van der Waals surface area contributed by atoms with Crippen molar-refractivity contribution in [2.45, 2.75) is 38.8 Å². The molecule has 0 aromatic carbocycles. The van der Waals surface area contributed by atoms with E-state index >= 15 is 0 Å². The fourth-order valence-electron chi connectivity index (χ4n) is 2.84. The number of ether oxygens (including phenoxy) is 1. The average molecular weight is 269 g/mol. The van der Waals surface area contributed by atoms with E-state index in [9.17, 15) is 4.79 Å². The number of likely N-dealkylation sites (N-methyl/N-ethyl adjacent to an activating group) is 1. The highest BCUT2D eigenvalue weighted by Crippen LogP contribution is 2.15. The maximum absolute atomic E-state index is 12.1. The maximum atomic E-state index is 12.1. The van der Waals surface area contributed by atoms with Crippen molar-refractivity contribution in [3.63, 3.8) is 0 Å². The third kappa shape index (κ3) is 4.44. The standard InChI is InChI=1S/C14H27N3O2/c1-3-17-6-7-19-12(10-17)9-16-14(18)13-8-11(2)4-5-15-13/h11-13,15H,3-10H2,1-2H3,(H,16,18). The average Bonchev–Trinajstić information content (AvgIpc) is 2.45. The van der Waals surface area contributed by atoms with Gasteiger partial charge < -0.3 is 15.4 Å². The van der Waals surface area contributed by atoms with E-state index in [0.717, 1.165) is 39.2 Å². The first-order valence-corrected chi connectivity index (χ1v) is 7.54. The number of hydrogen-bond donors (Lipinski definition) is 2. The molecule has 2 saturated heterocycles. The number of amides is 1. The van der Waals surface area contributed by atoms with Crippen LogP contribution in [0.5, 0.6) is 0 Å². The molecule has 2 heterocycles. The lowest BCUT2D eigenvalue weighted by Crippen LogP contribution is -2.52. The number of morpholine rings is 1. The molecule has 0 bridgehead atoms. The zero-order valence-electron chi connectivity index (χ0n) is 12.2. The van der Waals surface area contributed by atoms with Crippen LogP contribution < -0.4 is 10.6 Å². The summed E-state index contributed by atoms with van der Waals surface area (Å²) in [6.07, 6.45) is 2.25. The van der Waals surface area contributed by atoms with Crippen molar-refractivity contribution >= 4 is 5.91 Å². The molecule has 3 atom stereocenters. The van der Waals surface area contributed by atoms with Crippen molar-refractivity contribution in [2.24, 2.45) is 5.92 Å². The minimum absolute atomic E-state index is 0.0189. The number of carbonyl (C=O) groups excluding carboxylic acids is 1. The van der Waals surface area contributed by atoms with E-state index in [4.69, 9.17) is 4.74 Å². The predicted octanol–water partition coefficient (Wildman–Crippen LogP) is 0.211. The fourth-order valence-corrected chi connectivity index (χ4v) is 2.84. The largest absolute Gasteiger partial charge is 0.374 e. The maximum Gasteiger partial charge on any atom is 0.237 e. The van der Waals surface area contributed by atoms with Crippen LogP contribution in [-0.2, 0) is 9.53 Å². The van der Waals surface area contributed by atoms with Crippen LogP contribution in [0.4, 0.5) is 0 Å². The first-order valence-electron chi connectivity index (χ1n) is 7.54. The summed E-state index contributed by atoms with van der Waals surface area (Å²) in [6, 6.07) is -0.0189. The summed E-state index contributed by atoms with van der Waals surface area (Å²) in [4.78, 5) is 14.5. The summed E-state index contributed by atoms with van der Waals surface area (Å²) in [5.41, 5.74) is 0. The first-order chi connectivity index (χ1) is 9.19. The minimum atomic E-state index is -0.0189. The summed E-state index contributed by atoms with van der Waals surface area (Å²) in [5.74, 6) is 0.766. The summed E-state index contributed by atoms with van der Waals surface area (Å²) >= 11 is 0. The molecule has 0 spiro atoms. The molecule has 0 aliphatic carbocycles. The highest BCUT2D eigenvalue weighted by molar-refractivity contribution is 5.81. The molecule has 5 heteroatoms. The van der Waals surface area contributed by atoms with E-state index < -0.39 is 0 Å². The van der Waals surface area contributed by atoms with E-state index in [1.165, 1.54) is 6.42 Å². The summed E-state index contributed by atoms with van der Waals surface area (Å²) in [7, 11) is 0. The Labute approximate surface area is 116 Å². The molecule has 0 aromatic rings. The Balaban J connectivity index is 1.70. The fraction of sp³-hybridized carbons (Fsp3) is 0.929. The first kappa shape index (κ1) is 14.8. The topological polar surface area (TPSA) is 53.6 Å². The smallest absolute Gasteiger partial charge is 0.237 e. The summed E-state index contributed by atoms with van der Waals surface area (Å²) in [6.45, 7) is 9.69. The molecule has 5 nitrogen and oxygen atoms in total. The van der Waals surface area contributed by atoms with Gasteiger partial charge in [0.15, 0.2) is 0 Å². The van der Waals surface area contributed by atoms with E-state index in [0.29, 0.717) is 12.5 Å². The van der Waals surface area contributed by atoms with Crippen LogP contribution in [0, 0.1) is 5.92 Å². The molecular weight excluding hydrogens is 242 g/mol. The molecular formula is C14H27N3O2. The Morgan fingerprint density at radius 1 is 1.53 bits per heavy atom. The van der Waals surface area contributed by atoms with Crippen molar-refractivity contribution < 1.29 is 9.53 Å². The third-order valence-electron chi connectivity index (χ3n) is 4.16. The van der Waals surface area contributed by atoms with E-state index in [1.807, 2.05) is 0 Å². The van der Waals surface area contributed by atoms with Crippen LogP contribution in [0.1, 0.15) is 26.7 Å². The lowest BCUT2D eigenvalue weighted by Gasteiger charge is -2.33. The van der Waals surface area contributed by atoms with Crippen LogP contribution in [0.15, 0.2) is 0 Å². The van der Waals surface area contributed by atoms with Gasteiger partial charge in [-0.05, 0) is 31.8 Å². The third-order valence-corrected chi connectivity index (χ3v) is 4.16. The van der Waals surface area contributed by atoms with Gasteiger partial charge in [0.25, 0.3) is 0 Å². The lowest BCUT2D eigenvalue weighted by molar-refractivity contribution is -0.125. The quantitative estimate of drug-likeness (QED) is 0.766. The molecule has 0 radical (unpaired) electrons. The second-order valence-corrected chi connectivity index (χ2v) is 5.77. The Bertz CT molecular complexity index is 298. The molecule has 0 aromatic heterocycles. The zero-order chi connectivity index (χ0) is 13.7. The van der Waals surface area contributed by atoms with Crippen molar-refractivity contribution in [1.82, 2.24) is 15.5 Å². The van der Waals surface area contributed by atoms with Gasteiger partial charge in [-0.15, -0.1) is 0 Å². The lowest BCUT2D eigenvalue weighted by atomic mass is 9.94. The van der Waals surface area contributed by atoms with Gasteiger partial charge in [0.05, 0.1) is 18.8 Å². The molecule has 110 valence electrons. The second kappa shape index (κ2) is 7.22. The molecule has 2 rings (SSSR count). The van der Waals surface area contributed by atoms with Gasteiger partial charge >= 0.3 is 0 Å². The molecule has 2 aliphatic heterocycles. The van der Waals surface area contributed by atoms with Crippen LogP contribution in [0.25, 0.3) is 0 Å². The SMILES string of the molecule is CCN1CCOC(CNC(=O)C2CC(C)CCN2)C1. The number of hydrogen-bond acceptors (Lipinski definition) is 4. The number of piperidine rings is 1. The molecule has 3 unspecified atom stereocenters. The van der Waals surface area contributed by atoms with Gasteiger partial charge in [-0.3, -0.25) is 9.69 Å². The Morgan fingerprint density at radius 2 is 2.37 bits per heavy atom. The van der Waals surface area contributed by atoms with E-state index in [-0.39, 0.29) is 18.1 Å². The monoisotopic (exact) mass is 269 g/mol. The number of nitrogens with one attached hydrogen (secondary N) is 2. The Kier molecular flexibility index (Phi) is 5.60. The predicted molar refractivity (Wildman–Crippen MR) is 75.1 cm³/mol. The zero-order valence-corrected chi connectivity index (χ0v) is 12.2. The van der Waals surface area contributed by atoms with Gasteiger partial charge in [-0.25, -0.2) is 0 Å². The molecule has 2 N–H and O–H groups in total. The van der Waals surface area contributed by atoms with E-state index in [1.54, 1.807) is 0 Å². The van der Waals surface area contributed by atoms with Crippen molar-refractivity contribution in [3.05, 3.63) is 0 Å². The van der Waals surface area contributed by atoms with E-state index in [2.05, 4.69) is 29.4 Å². The van der Waals surface area contributed by atoms with Gasteiger partial charge in [0.2, 0.25) is 5.91 Å². The van der Waals surface area contributed by atoms with Crippen LogP contribution in [0.2, 0.25) is 0 Å². The Hall–Kier alpha value is -0.650. The second-order valence-electron chi connectivity index (χ2n) is 5.77. The normalized spacial score (nSPS) is 33.1. The number of nitrogens with zero attached hydrogens (tertiary/aromatic N) is 1. The number of carbonyl (C=O) groups is 1. The highest BCUT2D eigenvalue weighted by atomic mass is 16.5. The van der Waals surface area contributed by atoms with Crippen LogP contribution >= 0.6 is 0 Å². The molecule has 1 amide bonds. The molecule has 2 fully saturated rings. The van der Waals surface area contributed by atoms with Gasteiger partial charge in [0, 0.05) is 19.6 Å². The van der Waals surface area contributed by atoms with Crippen molar-refractivity contribution in [2.75, 3.05) is 39.3 Å². The number of rotatable bonds is 4. The van der Waals surface area contributed by atoms with Crippen molar-refractivity contribution in [1.29, 1.82) is 0 Å². The van der Waals surface area contributed by atoms with Crippen LogP contribution in [0.3, 0.4) is 0 Å². The van der Waals surface area contributed by atoms with Crippen molar-refractivity contribution in [3.8, 4) is 0 Å². The van der Waals surface area contributed by atoms with Crippen LogP contribution in [-0.4, -0.2) is 62.3 Å². The molecule has 0 saturated carbocycles. The summed E-state index contributed by atoms with van der Waals surface area (Å²) in [5, 5.41) is 6.33. The molecule has 19 heavy (non-hydrogen) atoms. The van der Waals surface area contributed by atoms with Gasteiger partial charge in [-0.2, -0.15) is 0 Å². The molecule has 2 aliphatic rings. The highest BCUT2D eigenvalue weighted by Gasteiger charge is 2.26. The van der Waals surface area contributed by atoms with Gasteiger partial charge in [-0.1, -0.05) is 13.8 Å². The minimum Gasteiger partial charge on any atom is -0.374 e. The summed E-state index contributed by atoms with van der Waals surface area (Å²) < 4.78 is 5.69. The Morgan fingerprint density at radius 3 is 3.11 bits per heavy atom.